The van der Waals surface area contributed by atoms with E-state index in [1.54, 1.807) is 30.3 Å². The lowest BCUT2D eigenvalue weighted by atomic mass is 9.99. The van der Waals surface area contributed by atoms with Gasteiger partial charge in [-0.3, -0.25) is 9.59 Å². The van der Waals surface area contributed by atoms with Gasteiger partial charge in [-0.2, -0.15) is 0 Å². The van der Waals surface area contributed by atoms with Gasteiger partial charge in [-0.1, -0.05) is 19.1 Å². The fraction of sp³-hybridized carbons (Fsp3) is 0.333. The highest BCUT2D eigenvalue weighted by atomic mass is 16.3. The van der Waals surface area contributed by atoms with Crippen LogP contribution in [0.4, 0.5) is 5.69 Å². The number of hydrogen-bond acceptors (Lipinski definition) is 3. The number of benzene rings is 1. The van der Waals surface area contributed by atoms with Gasteiger partial charge >= 0.3 is 0 Å². The second kappa shape index (κ2) is 6.69. The highest BCUT2D eigenvalue weighted by Gasteiger charge is 2.24. The van der Waals surface area contributed by atoms with Crippen molar-refractivity contribution in [2.45, 2.75) is 19.8 Å². The average Bonchev–Trinajstić information content (AvgIpc) is 3.09. The molecule has 0 aliphatic carbocycles. The number of rotatable bonds is 3. The third kappa shape index (κ3) is 3.44. The van der Waals surface area contributed by atoms with Crippen LogP contribution in [-0.4, -0.2) is 29.8 Å². The summed E-state index contributed by atoms with van der Waals surface area (Å²) < 4.78 is 5.09. The molecule has 5 heteroatoms. The van der Waals surface area contributed by atoms with Gasteiger partial charge in [-0.25, -0.2) is 0 Å². The molecule has 1 N–H and O–H groups in total. The summed E-state index contributed by atoms with van der Waals surface area (Å²) in [6, 6.07) is 10.3. The summed E-state index contributed by atoms with van der Waals surface area (Å²) in [5.74, 6) is 0.338. The van der Waals surface area contributed by atoms with E-state index in [4.69, 9.17) is 4.42 Å². The Labute approximate surface area is 135 Å². The Balaban J connectivity index is 1.80. The van der Waals surface area contributed by atoms with Gasteiger partial charge in [0.1, 0.15) is 0 Å². The molecule has 0 saturated carbocycles. The summed E-state index contributed by atoms with van der Waals surface area (Å²) in [6.45, 7) is 3.69. The van der Waals surface area contributed by atoms with Crippen LogP contribution < -0.4 is 5.32 Å². The van der Waals surface area contributed by atoms with Crippen molar-refractivity contribution in [2.24, 2.45) is 5.92 Å². The molecule has 5 nitrogen and oxygen atoms in total. The molecule has 2 heterocycles. The van der Waals surface area contributed by atoms with Gasteiger partial charge in [0.05, 0.1) is 17.5 Å². The first kappa shape index (κ1) is 15.3. The Morgan fingerprint density at radius 3 is 2.78 bits per heavy atom. The van der Waals surface area contributed by atoms with Crippen molar-refractivity contribution in [3.8, 4) is 0 Å². The van der Waals surface area contributed by atoms with Gasteiger partial charge in [-0.15, -0.1) is 0 Å². The first-order chi connectivity index (χ1) is 11.1. The first-order valence-corrected chi connectivity index (χ1v) is 7.88. The summed E-state index contributed by atoms with van der Waals surface area (Å²) in [4.78, 5) is 26.8. The smallest absolute Gasteiger partial charge is 0.291 e. The summed E-state index contributed by atoms with van der Waals surface area (Å²) in [5.41, 5.74) is 1.03. The van der Waals surface area contributed by atoms with Crippen LogP contribution in [0.1, 0.15) is 40.7 Å². The Morgan fingerprint density at radius 2 is 2.04 bits per heavy atom. The number of nitrogens with one attached hydrogen (secondary N) is 1. The number of carbonyl (C=O) groups is 2. The van der Waals surface area contributed by atoms with E-state index in [-0.39, 0.29) is 17.6 Å². The van der Waals surface area contributed by atoms with Crippen LogP contribution in [0.25, 0.3) is 0 Å². The van der Waals surface area contributed by atoms with E-state index >= 15 is 0 Å². The quantitative estimate of drug-likeness (QED) is 0.944. The molecule has 2 aromatic rings. The zero-order chi connectivity index (χ0) is 16.2. The third-order valence-electron chi connectivity index (χ3n) is 4.09. The van der Waals surface area contributed by atoms with Crippen molar-refractivity contribution in [1.82, 2.24) is 4.90 Å². The van der Waals surface area contributed by atoms with Crippen LogP contribution in [0, 0.1) is 5.92 Å². The third-order valence-corrected chi connectivity index (χ3v) is 4.09. The van der Waals surface area contributed by atoms with Gasteiger partial charge in [0.15, 0.2) is 5.76 Å². The fourth-order valence-electron chi connectivity index (χ4n) is 2.91. The molecule has 1 aromatic carbocycles. The summed E-state index contributed by atoms with van der Waals surface area (Å²) in [6.07, 6.45) is 3.62. The van der Waals surface area contributed by atoms with Crippen LogP contribution in [0.15, 0.2) is 47.1 Å². The molecule has 0 unspecified atom stereocenters. The summed E-state index contributed by atoms with van der Waals surface area (Å²) >= 11 is 0. The molecule has 1 saturated heterocycles. The zero-order valence-corrected chi connectivity index (χ0v) is 13.1. The summed E-state index contributed by atoms with van der Waals surface area (Å²) in [5, 5.41) is 2.76. The Morgan fingerprint density at radius 1 is 1.22 bits per heavy atom. The number of likely N-dealkylation sites (tertiary alicyclic amines) is 1. The number of para-hydroxylation sites is 1. The SMILES string of the molecule is C[C@H]1CCCN(C(=O)c2ccccc2NC(=O)c2ccco2)C1. The molecule has 0 radical (unpaired) electrons. The van der Waals surface area contributed by atoms with Gasteiger partial charge in [0.2, 0.25) is 0 Å². The van der Waals surface area contributed by atoms with Crippen molar-refractivity contribution in [2.75, 3.05) is 18.4 Å². The Hall–Kier alpha value is -2.56. The van der Waals surface area contributed by atoms with Crippen LogP contribution >= 0.6 is 0 Å². The van der Waals surface area contributed by atoms with E-state index in [2.05, 4.69) is 12.2 Å². The van der Waals surface area contributed by atoms with E-state index in [0.717, 1.165) is 25.9 Å². The molecule has 1 aliphatic rings. The molecule has 0 spiro atoms. The molecule has 2 amide bonds. The van der Waals surface area contributed by atoms with Crippen LogP contribution in [0.3, 0.4) is 0 Å². The average molecular weight is 312 g/mol. The first-order valence-electron chi connectivity index (χ1n) is 7.88. The molecule has 1 fully saturated rings. The standard InChI is InChI=1S/C18H20N2O3/c1-13-6-4-10-20(12-13)18(22)14-7-2-3-8-15(14)19-17(21)16-9-5-11-23-16/h2-3,5,7-9,11,13H,4,6,10,12H2,1H3,(H,19,21)/t13-/m0/s1. The molecule has 1 atom stereocenters. The molecule has 120 valence electrons. The monoisotopic (exact) mass is 312 g/mol. The maximum absolute atomic E-state index is 12.8. The number of amides is 2. The number of nitrogens with zero attached hydrogens (tertiary/aromatic N) is 1. The minimum atomic E-state index is -0.359. The lowest BCUT2D eigenvalue weighted by Crippen LogP contribution is -2.39. The molecule has 1 aromatic heterocycles. The topological polar surface area (TPSA) is 62.6 Å². The van der Waals surface area contributed by atoms with Crippen molar-refractivity contribution in [3.05, 3.63) is 54.0 Å². The lowest BCUT2D eigenvalue weighted by Gasteiger charge is -2.31. The van der Waals surface area contributed by atoms with Crippen molar-refractivity contribution >= 4 is 17.5 Å². The number of anilines is 1. The number of furan rings is 1. The molecule has 1 aliphatic heterocycles. The predicted octanol–water partition coefficient (Wildman–Crippen LogP) is 3.40. The van der Waals surface area contributed by atoms with Crippen LogP contribution in [0.5, 0.6) is 0 Å². The van der Waals surface area contributed by atoms with Crippen molar-refractivity contribution < 1.29 is 14.0 Å². The van der Waals surface area contributed by atoms with Gasteiger partial charge in [0.25, 0.3) is 11.8 Å². The van der Waals surface area contributed by atoms with Crippen molar-refractivity contribution in [1.29, 1.82) is 0 Å². The minimum Gasteiger partial charge on any atom is -0.459 e. The second-order valence-corrected chi connectivity index (χ2v) is 5.98. The normalized spacial score (nSPS) is 17.8. The van der Waals surface area contributed by atoms with Crippen LogP contribution in [0.2, 0.25) is 0 Å². The van der Waals surface area contributed by atoms with E-state index in [1.165, 1.54) is 6.26 Å². The highest BCUT2D eigenvalue weighted by Crippen LogP contribution is 2.22. The van der Waals surface area contributed by atoms with E-state index in [9.17, 15) is 9.59 Å². The van der Waals surface area contributed by atoms with Gasteiger partial charge in [-0.05, 0) is 43.0 Å². The number of piperidine rings is 1. The molecule has 0 bridgehead atoms. The van der Waals surface area contributed by atoms with Gasteiger partial charge < -0.3 is 14.6 Å². The molecular weight excluding hydrogens is 292 g/mol. The van der Waals surface area contributed by atoms with Crippen molar-refractivity contribution in [3.63, 3.8) is 0 Å². The zero-order valence-electron chi connectivity index (χ0n) is 13.1. The molecule has 23 heavy (non-hydrogen) atoms. The maximum atomic E-state index is 12.8. The maximum Gasteiger partial charge on any atom is 0.291 e. The predicted molar refractivity (Wildman–Crippen MR) is 87.4 cm³/mol. The highest BCUT2D eigenvalue weighted by molar-refractivity contribution is 6.07. The Bertz CT molecular complexity index is 694. The second-order valence-electron chi connectivity index (χ2n) is 5.98. The largest absolute Gasteiger partial charge is 0.459 e. The van der Waals surface area contributed by atoms with Gasteiger partial charge in [0, 0.05) is 13.1 Å². The lowest BCUT2D eigenvalue weighted by molar-refractivity contribution is 0.0684. The fourth-order valence-corrected chi connectivity index (χ4v) is 2.91. The minimum absolute atomic E-state index is 0.0353. The van der Waals surface area contributed by atoms with Crippen LogP contribution in [-0.2, 0) is 0 Å². The van der Waals surface area contributed by atoms with E-state index in [1.807, 2.05) is 11.0 Å². The molecular formula is C18H20N2O3. The summed E-state index contributed by atoms with van der Waals surface area (Å²) in [7, 11) is 0. The van der Waals surface area contributed by atoms with E-state index < -0.39 is 0 Å². The number of hydrogen-bond donors (Lipinski definition) is 1. The Kier molecular flexibility index (Phi) is 4.46. The van der Waals surface area contributed by atoms with E-state index in [0.29, 0.717) is 17.2 Å². The molecule has 3 rings (SSSR count). The number of carbonyl (C=O) groups excluding carboxylic acids is 2.